The molecule has 0 unspecified atom stereocenters. The number of carbonyl (C=O) groups is 1. The van der Waals surface area contributed by atoms with E-state index in [1.807, 2.05) is 30.3 Å². The van der Waals surface area contributed by atoms with Crippen molar-refractivity contribution in [1.82, 2.24) is 0 Å². The molecule has 0 bridgehead atoms. The Kier molecular flexibility index (Phi) is 2.60. The molecule has 2 rings (SSSR count). The van der Waals surface area contributed by atoms with Crippen molar-refractivity contribution in [3.8, 4) is 11.1 Å². The van der Waals surface area contributed by atoms with Gasteiger partial charge in [0, 0.05) is 11.3 Å². The minimum atomic E-state index is -1.22. The first-order valence-electron chi connectivity index (χ1n) is 4.85. The molecular formula is C13H10NO2-. The van der Waals surface area contributed by atoms with Crippen LogP contribution in [0.15, 0.2) is 48.5 Å². The van der Waals surface area contributed by atoms with Gasteiger partial charge in [-0.2, -0.15) is 0 Å². The first-order valence-corrected chi connectivity index (χ1v) is 4.85. The van der Waals surface area contributed by atoms with Crippen LogP contribution in [0.5, 0.6) is 0 Å². The van der Waals surface area contributed by atoms with E-state index in [0.29, 0.717) is 5.69 Å². The number of hydrogen-bond donors (Lipinski definition) is 1. The summed E-state index contributed by atoms with van der Waals surface area (Å²) in [5.74, 6) is -1.22. The van der Waals surface area contributed by atoms with Crippen LogP contribution in [-0.4, -0.2) is 5.97 Å². The van der Waals surface area contributed by atoms with Crippen LogP contribution in [0.4, 0.5) is 5.69 Å². The summed E-state index contributed by atoms with van der Waals surface area (Å²) < 4.78 is 0. The van der Waals surface area contributed by atoms with Crippen molar-refractivity contribution < 1.29 is 9.90 Å². The highest BCUT2D eigenvalue weighted by Crippen LogP contribution is 2.26. The summed E-state index contributed by atoms with van der Waals surface area (Å²) in [5.41, 5.74) is 8.12. The number of carboxylic acids is 1. The number of rotatable bonds is 2. The molecule has 2 aromatic carbocycles. The minimum absolute atomic E-state index is 0.0946. The standard InChI is InChI=1S/C13H11NO2/c14-12-8-10(13(15)16)6-7-11(12)9-4-2-1-3-5-9/h1-8H,14H2,(H,15,16)/p-1. The third kappa shape index (κ3) is 1.88. The molecule has 2 N–H and O–H groups in total. The van der Waals surface area contributed by atoms with Crippen LogP contribution in [0, 0.1) is 0 Å². The van der Waals surface area contributed by atoms with Gasteiger partial charge >= 0.3 is 0 Å². The smallest absolute Gasteiger partial charge is 0.0716 e. The Morgan fingerprint density at radius 1 is 1.06 bits per heavy atom. The molecule has 0 saturated heterocycles. The number of carboxylic acid groups (broad SMARTS) is 1. The Balaban J connectivity index is 2.48. The van der Waals surface area contributed by atoms with Gasteiger partial charge < -0.3 is 15.6 Å². The Bertz CT molecular complexity index is 521. The van der Waals surface area contributed by atoms with Gasteiger partial charge in [0.25, 0.3) is 0 Å². The zero-order chi connectivity index (χ0) is 11.5. The number of benzene rings is 2. The highest BCUT2D eigenvalue weighted by atomic mass is 16.4. The molecule has 0 fully saturated rings. The second-order valence-electron chi connectivity index (χ2n) is 3.46. The lowest BCUT2D eigenvalue weighted by Crippen LogP contribution is -2.22. The molecule has 0 aliphatic carbocycles. The van der Waals surface area contributed by atoms with Gasteiger partial charge in [0.1, 0.15) is 0 Å². The molecule has 3 heteroatoms. The average Bonchev–Trinajstić information content (AvgIpc) is 2.30. The summed E-state index contributed by atoms with van der Waals surface area (Å²) in [7, 11) is 0. The van der Waals surface area contributed by atoms with Gasteiger partial charge in [-0.1, -0.05) is 42.5 Å². The summed E-state index contributed by atoms with van der Waals surface area (Å²) in [5, 5.41) is 10.6. The molecule has 2 aromatic rings. The van der Waals surface area contributed by atoms with Gasteiger partial charge in [-0.05, 0) is 17.2 Å². The van der Waals surface area contributed by atoms with E-state index in [4.69, 9.17) is 5.73 Å². The van der Waals surface area contributed by atoms with Crippen LogP contribution in [0.25, 0.3) is 11.1 Å². The van der Waals surface area contributed by atoms with Crippen molar-refractivity contribution in [3.63, 3.8) is 0 Å². The quantitative estimate of drug-likeness (QED) is 0.763. The number of carbonyl (C=O) groups excluding carboxylic acids is 1. The lowest BCUT2D eigenvalue weighted by Gasteiger charge is -2.09. The molecule has 0 aliphatic heterocycles. The molecule has 0 atom stereocenters. The molecule has 80 valence electrons. The average molecular weight is 212 g/mol. The summed E-state index contributed by atoms with van der Waals surface area (Å²) in [6.45, 7) is 0. The van der Waals surface area contributed by atoms with E-state index in [0.717, 1.165) is 11.1 Å². The highest BCUT2D eigenvalue weighted by molar-refractivity contribution is 5.90. The van der Waals surface area contributed by atoms with E-state index in [-0.39, 0.29) is 5.56 Å². The second kappa shape index (κ2) is 4.06. The number of nitrogens with two attached hydrogens (primary N) is 1. The summed E-state index contributed by atoms with van der Waals surface area (Å²) in [4.78, 5) is 10.6. The number of anilines is 1. The van der Waals surface area contributed by atoms with Gasteiger partial charge in [0.15, 0.2) is 0 Å². The minimum Gasteiger partial charge on any atom is -0.545 e. The lowest BCUT2D eigenvalue weighted by atomic mass is 10.0. The van der Waals surface area contributed by atoms with Gasteiger partial charge in [-0.25, -0.2) is 0 Å². The monoisotopic (exact) mass is 212 g/mol. The zero-order valence-corrected chi connectivity index (χ0v) is 8.51. The van der Waals surface area contributed by atoms with Crippen LogP contribution in [0.2, 0.25) is 0 Å². The van der Waals surface area contributed by atoms with Crippen molar-refractivity contribution in [2.75, 3.05) is 5.73 Å². The van der Waals surface area contributed by atoms with Gasteiger partial charge in [0.05, 0.1) is 5.97 Å². The normalized spacial score (nSPS) is 10.0. The predicted molar refractivity (Wildman–Crippen MR) is 60.6 cm³/mol. The molecule has 0 amide bonds. The van der Waals surface area contributed by atoms with Crippen molar-refractivity contribution in [1.29, 1.82) is 0 Å². The number of nitrogen functional groups attached to an aromatic ring is 1. The predicted octanol–water partition coefficient (Wildman–Crippen LogP) is 1.30. The molecule has 0 aromatic heterocycles. The number of hydrogen-bond acceptors (Lipinski definition) is 3. The SMILES string of the molecule is Nc1cc(C(=O)[O-])ccc1-c1ccccc1. The molecule has 3 nitrogen and oxygen atoms in total. The van der Waals surface area contributed by atoms with Crippen molar-refractivity contribution in [3.05, 3.63) is 54.1 Å². The van der Waals surface area contributed by atoms with E-state index >= 15 is 0 Å². The third-order valence-corrected chi connectivity index (χ3v) is 2.37. The fourth-order valence-electron chi connectivity index (χ4n) is 1.57. The van der Waals surface area contributed by atoms with Crippen LogP contribution < -0.4 is 10.8 Å². The van der Waals surface area contributed by atoms with E-state index in [9.17, 15) is 9.90 Å². The highest BCUT2D eigenvalue weighted by Gasteiger charge is 2.03. The molecule has 0 saturated carbocycles. The largest absolute Gasteiger partial charge is 0.545 e. The van der Waals surface area contributed by atoms with E-state index in [1.165, 1.54) is 12.1 Å². The van der Waals surface area contributed by atoms with Gasteiger partial charge in [-0.3, -0.25) is 0 Å². The number of aromatic carboxylic acids is 1. The van der Waals surface area contributed by atoms with Crippen molar-refractivity contribution in [2.24, 2.45) is 0 Å². The summed E-state index contributed by atoms with van der Waals surface area (Å²) >= 11 is 0. The maximum atomic E-state index is 10.6. The molecule has 0 radical (unpaired) electrons. The molecular weight excluding hydrogens is 202 g/mol. The molecule has 0 heterocycles. The Labute approximate surface area is 93.1 Å². The lowest BCUT2D eigenvalue weighted by molar-refractivity contribution is -0.255. The topological polar surface area (TPSA) is 66.2 Å². The van der Waals surface area contributed by atoms with Crippen LogP contribution in [0.1, 0.15) is 10.4 Å². The molecule has 0 aliphatic rings. The summed E-state index contributed by atoms with van der Waals surface area (Å²) in [6.07, 6.45) is 0. The van der Waals surface area contributed by atoms with E-state index < -0.39 is 5.97 Å². The Hall–Kier alpha value is -2.29. The van der Waals surface area contributed by atoms with Gasteiger partial charge in [-0.15, -0.1) is 0 Å². The van der Waals surface area contributed by atoms with Crippen LogP contribution in [-0.2, 0) is 0 Å². The maximum absolute atomic E-state index is 10.6. The Morgan fingerprint density at radius 3 is 2.31 bits per heavy atom. The summed E-state index contributed by atoms with van der Waals surface area (Å²) in [6, 6.07) is 14.2. The van der Waals surface area contributed by atoms with E-state index in [1.54, 1.807) is 6.07 Å². The van der Waals surface area contributed by atoms with Crippen molar-refractivity contribution in [2.45, 2.75) is 0 Å². The van der Waals surface area contributed by atoms with Gasteiger partial charge in [0.2, 0.25) is 0 Å². The molecule has 16 heavy (non-hydrogen) atoms. The first kappa shape index (κ1) is 10.2. The zero-order valence-electron chi connectivity index (χ0n) is 8.51. The maximum Gasteiger partial charge on any atom is 0.0716 e. The third-order valence-electron chi connectivity index (χ3n) is 2.37. The fraction of sp³-hybridized carbons (Fsp3) is 0. The Morgan fingerprint density at radius 2 is 1.75 bits per heavy atom. The fourth-order valence-corrected chi connectivity index (χ4v) is 1.57. The van der Waals surface area contributed by atoms with Crippen molar-refractivity contribution >= 4 is 11.7 Å². The van der Waals surface area contributed by atoms with Crippen LogP contribution >= 0.6 is 0 Å². The van der Waals surface area contributed by atoms with Crippen LogP contribution in [0.3, 0.4) is 0 Å². The van der Waals surface area contributed by atoms with E-state index in [2.05, 4.69) is 0 Å². The molecule has 0 spiro atoms. The first-order chi connectivity index (χ1) is 7.68. The second-order valence-corrected chi connectivity index (χ2v) is 3.46.